The van der Waals surface area contributed by atoms with Crippen LogP contribution in [-0.2, 0) is 39.0 Å². The summed E-state index contributed by atoms with van der Waals surface area (Å²) >= 11 is 0. The van der Waals surface area contributed by atoms with E-state index in [4.69, 9.17) is 18.9 Å². The number of rotatable bonds is 15. The molecule has 0 unspecified atom stereocenters. The van der Waals surface area contributed by atoms with Crippen LogP contribution in [0.2, 0.25) is 0 Å². The molecule has 1 saturated carbocycles. The SMILES string of the molecule is Cn1cc(-c2cccc(CCOCCC(=O)N(CCN(CCc3ccc(OC(=O)OC(C)(C)C)c4c3OCC(=O)N4)C(=O)O)C3CCCCC3)c2)nn1. The minimum Gasteiger partial charge on any atom is -0.481 e. The van der Waals surface area contributed by atoms with Crippen LogP contribution in [-0.4, -0.2) is 105 Å². The van der Waals surface area contributed by atoms with E-state index in [0.717, 1.165) is 48.9 Å². The summed E-state index contributed by atoms with van der Waals surface area (Å²) in [7, 11) is 1.83. The van der Waals surface area contributed by atoms with Gasteiger partial charge in [0.15, 0.2) is 18.1 Å². The van der Waals surface area contributed by atoms with Gasteiger partial charge in [0.25, 0.3) is 5.91 Å². The van der Waals surface area contributed by atoms with Gasteiger partial charge in [0.1, 0.15) is 17.0 Å². The van der Waals surface area contributed by atoms with Crippen LogP contribution in [0.5, 0.6) is 11.5 Å². The van der Waals surface area contributed by atoms with E-state index in [1.807, 2.05) is 36.3 Å². The molecule has 0 bridgehead atoms. The molecule has 2 aliphatic rings. The first-order valence-electron chi connectivity index (χ1n) is 18.2. The van der Waals surface area contributed by atoms with Gasteiger partial charge < -0.3 is 39.2 Å². The van der Waals surface area contributed by atoms with Gasteiger partial charge in [-0.05, 0) is 69.7 Å². The second-order valence-corrected chi connectivity index (χ2v) is 14.3. The minimum absolute atomic E-state index is 0.0503. The fraction of sp³-hybridized carbons (Fsp3) is 0.526. The quantitative estimate of drug-likeness (QED) is 0.115. The molecular formula is C38H50N6O9. The number of ether oxygens (including phenoxy) is 4. The number of carbonyl (C=O) groups is 4. The van der Waals surface area contributed by atoms with Crippen LogP contribution in [0, 0.1) is 0 Å². The van der Waals surface area contributed by atoms with Crippen molar-refractivity contribution in [2.45, 2.75) is 83.8 Å². The fourth-order valence-corrected chi connectivity index (χ4v) is 6.50. The highest BCUT2D eigenvalue weighted by atomic mass is 16.7. The molecule has 1 fully saturated rings. The van der Waals surface area contributed by atoms with Gasteiger partial charge in [-0.3, -0.25) is 14.3 Å². The molecule has 0 spiro atoms. The zero-order chi connectivity index (χ0) is 38.0. The van der Waals surface area contributed by atoms with E-state index in [1.54, 1.807) is 31.5 Å². The lowest BCUT2D eigenvalue weighted by Crippen LogP contribution is -2.47. The summed E-state index contributed by atoms with van der Waals surface area (Å²) in [4.78, 5) is 53.6. The zero-order valence-electron chi connectivity index (χ0n) is 31.0. The summed E-state index contributed by atoms with van der Waals surface area (Å²) in [6.45, 7) is 6.10. The minimum atomic E-state index is -1.11. The fourth-order valence-electron chi connectivity index (χ4n) is 6.50. The molecule has 1 aliphatic carbocycles. The van der Waals surface area contributed by atoms with Gasteiger partial charge in [-0.2, -0.15) is 0 Å². The van der Waals surface area contributed by atoms with Crippen LogP contribution in [0.4, 0.5) is 15.3 Å². The third kappa shape index (κ3) is 11.4. The van der Waals surface area contributed by atoms with Crippen molar-refractivity contribution in [1.29, 1.82) is 0 Å². The standard InChI is InChI=1S/C38H50N6O9/c1-38(2,3)53-37(49)52-31-14-13-27(35-34(31)39-32(45)25-51-35)15-18-43(36(47)48)19-20-44(29-11-6-5-7-12-29)33(46)17-22-50-21-16-26-9-8-10-28(23-26)30-24-42(4)41-40-30/h8-10,13-14,23-24,29H,5-7,11-12,15-22,25H2,1-4H3,(H,39,45)(H,47,48). The summed E-state index contributed by atoms with van der Waals surface area (Å²) in [5.41, 5.74) is 2.90. The van der Waals surface area contributed by atoms with E-state index in [2.05, 4.69) is 21.7 Å². The average Bonchev–Trinajstić information content (AvgIpc) is 3.56. The molecule has 1 aromatic heterocycles. The Hall–Kier alpha value is -5.18. The summed E-state index contributed by atoms with van der Waals surface area (Å²) in [5.74, 6) is -0.115. The van der Waals surface area contributed by atoms with Gasteiger partial charge in [0.2, 0.25) is 5.91 Å². The van der Waals surface area contributed by atoms with Crippen LogP contribution in [0.1, 0.15) is 70.4 Å². The largest absolute Gasteiger partial charge is 0.514 e. The Labute approximate surface area is 309 Å². The number of hydrogen-bond donors (Lipinski definition) is 2. The van der Waals surface area contributed by atoms with Crippen LogP contribution >= 0.6 is 0 Å². The predicted octanol–water partition coefficient (Wildman–Crippen LogP) is 5.46. The molecular weight excluding hydrogens is 684 g/mol. The van der Waals surface area contributed by atoms with E-state index < -0.39 is 23.8 Å². The summed E-state index contributed by atoms with van der Waals surface area (Å²) in [6.07, 6.45) is 5.90. The summed E-state index contributed by atoms with van der Waals surface area (Å²) < 4.78 is 23.9. The number of hydrogen-bond acceptors (Lipinski definition) is 10. The number of nitrogens with zero attached hydrogens (tertiary/aromatic N) is 5. The van der Waals surface area contributed by atoms with Crippen LogP contribution in [0.15, 0.2) is 42.6 Å². The Kier molecular flexibility index (Phi) is 13.3. The molecule has 0 atom stereocenters. The third-order valence-corrected chi connectivity index (χ3v) is 9.08. The lowest BCUT2D eigenvalue weighted by Gasteiger charge is -2.36. The molecule has 15 nitrogen and oxygen atoms in total. The van der Waals surface area contributed by atoms with Crippen molar-refractivity contribution < 1.29 is 43.2 Å². The molecule has 0 saturated heterocycles. The molecule has 2 aromatic carbocycles. The number of amides is 3. The van der Waals surface area contributed by atoms with Gasteiger partial charge in [-0.25, -0.2) is 9.59 Å². The van der Waals surface area contributed by atoms with Crippen molar-refractivity contribution >= 4 is 29.8 Å². The summed E-state index contributed by atoms with van der Waals surface area (Å²) in [6, 6.07) is 11.3. The van der Waals surface area contributed by atoms with Crippen molar-refractivity contribution in [2.24, 2.45) is 7.05 Å². The van der Waals surface area contributed by atoms with Crippen molar-refractivity contribution in [3.05, 3.63) is 53.7 Å². The molecule has 286 valence electrons. The molecule has 1 aliphatic heterocycles. The number of nitrogens with one attached hydrogen (secondary N) is 1. The highest BCUT2D eigenvalue weighted by Gasteiger charge is 2.29. The monoisotopic (exact) mass is 734 g/mol. The Balaban J connectivity index is 1.16. The molecule has 2 heterocycles. The molecule has 3 amide bonds. The van der Waals surface area contributed by atoms with Crippen molar-refractivity contribution in [3.8, 4) is 22.8 Å². The summed E-state index contributed by atoms with van der Waals surface area (Å²) in [5, 5.41) is 21.0. The van der Waals surface area contributed by atoms with Gasteiger partial charge >= 0.3 is 12.2 Å². The second-order valence-electron chi connectivity index (χ2n) is 14.3. The number of aromatic nitrogens is 3. The maximum atomic E-state index is 13.6. The number of aryl methyl sites for hydroxylation is 1. The van der Waals surface area contributed by atoms with Crippen LogP contribution in [0.25, 0.3) is 11.3 Å². The van der Waals surface area contributed by atoms with E-state index in [1.165, 1.54) is 11.0 Å². The first-order valence-corrected chi connectivity index (χ1v) is 18.2. The maximum Gasteiger partial charge on any atom is 0.514 e. The van der Waals surface area contributed by atoms with E-state index >= 15 is 0 Å². The normalized spacial score (nSPS) is 14.5. The molecule has 3 aromatic rings. The predicted molar refractivity (Wildman–Crippen MR) is 195 cm³/mol. The van der Waals surface area contributed by atoms with E-state index in [9.17, 15) is 24.3 Å². The molecule has 15 heteroatoms. The lowest BCUT2D eigenvalue weighted by atomic mass is 9.94. The topological polar surface area (TPSA) is 175 Å². The Morgan fingerprint density at radius 1 is 1.04 bits per heavy atom. The van der Waals surface area contributed by atoms with Gasteiger partial charge in [-0.15, -0.1) is 5.10 Å². The van der Waals surface area contributed by atoms with Gasteiger partial charge in [0.05, 0.1) is 25.8 Å². The smallest absolute Gasteiger partial charge is 0.481 e. The first-order chi connectivity index (χ1) is 25.4. The number of anilines is 1. The second kappa shape index (κ2) is 18.0. The van der Waals surface area contributed by atoms with Crippen molar-refractivity contribution in [2.75, 3.05) is 44.8 Å². The molecule has 0 radical (unpaired) electrons. The Bertz CT molecular complexity index is 1750. The third-order valence-electron chi connectivity index (χ3n) is 9.08. The van der Waals surface area contributed by atoms with Crippen molar-refractivity contribution in [3.63, 3.8) is 0 Å². The average molecular weight is 735 g/mol. The molecule has 2 N–H and O–H groups in total. The Morgan fingerprint density at radius 3 is 2.55 bits per heavy atom. The number of fused-ring (bicyclic) bond motifs is 1. The molecule has 53 heavy (non-hydrogen) atoms. The number of carboxylic acid groups (broad SMARTS) is 1. The lowest BCUT2D eigenvalue weighted by molar-refractivity contribution is -0.135. The highest BCUT2D eigenvalue weighted by Crippen LogP contribution is 2.40. The first kappa shape index (κ1) is 39.0. The molecule has 5 rings (SSSR count). The van der Waals surface area contributed by atoms with Gasteiger partial charge in [-0.1, -0.05) is 48.7 Å². The van der Waals surface area contributed by atoms with Crippen molar-refractivity contribution in [1.82, 2.24) is 24.8 Å². The van der Waals surface area contributed by atoms with Crippen LogP contribution < -0.4 is 14.8 Å². The maximum absolute atomic E-state index is 13.6. The van der Waals surface area contributed by atoms with E-state index in [0.29, 0.717) is 24.3 Å². The van der Waals surface area contributed by atoms with Gasteiger partial charge in [0, 0.05) is 38.3 Å². The number of carbonyl (C=O) groups excluding carboxylic acids is 3. The number of benzene rings is 2. The van der Waals surface area contributed by atoms with Crippen LogP contribution in [0.3, 0.4) is 0 Å². The Morgan fingerprint density at radius 2 is 1.83 bits per heavy atom. The highest BCUT2D eigenvalue weighted by molar-refractivity contribution is 5.98. The zero-order valence-corrected chi connectivity index (χ0v) is 31.0. The van der Waals surface area contributed by atoms with E-state index in [-0.39, 0.29) is 69.1 Å².